The van der Waals surface area contributed by atoms with Gasteiger partial charge in [0.1, 0.15) is 0 Å². The van der Waals surface area contributed by atoms with Crippen LogP contribution in [0.4, 0.5) is 10.5 Å². The van der Waals surface area contributed by atoms with Crippen LogP contribution >= 0.6 is 11.6 Å². The van der Waals surface area contributed by atoms with Crippen LogP contribution in [0.2, 0.25) is 5.02 Å². The Balaban J connectivity index is 1.57. The zero-order chi connectivity index (χ0) is 17.8. The zero-order valence-electron chi connectivity index (χ0n) is 14.0. The van der Waals surface area contributed by atoms with Gasteiger partial charge in [0.15, 0.2) is 0 Å². The number of carbonyl (C=O) groups is 2. The number of piperazine rings is 1. The van der Waals surface area contributed by atoms with E-state index < -0.39 is 0 Å². The Hall–Kier alpha value is -2.53. The van der Waals surface area contributed by atoms with E-state index in [0.29, 0.717) is 36.9 Å². The minimum Gasteiger partial charge on any atom is -0.335 e. The maximum absolute atomic E-state index is 12.6. The number of rotatable bonds is 2. The van der Waals surface area contributed by atoms with Crippen molar-refractivity contribution >= 4 is 29.2 Å². The average Bonchev–Trinajstić information content (AvgIpc) is 2.62. The van der Waals surface area contributed by atoms with Crippen LogP contribution in [-0.4, -0.2) is 47.9 Å². The van der Waals surface area contributed by atoms with Crippen molar-refractivity contribution in [1.82, 2.24) is 9.80 Å². The lowest BCUT2D eigenvalue weighted by Crippen LogP contribution is -2.51. The van der Waals surface area contributed by atoms with Gasteiger partial charge in [0.2, 0.25) is 0 Å². The van der Waals surface area contributed by atoms with Crippen LogP contribution in [0.3, 0.4) is 0 Å². The number of hydrogen-bond acceptors (Lipinski definition) is 2. The highest BCUT2D eigenvalue weighted by molar-refractivity contribution is 6.30. The molecular weight excluding hydrogens is 338 g/mol. The fraction of sp³-hybridized carbons (Fsp3) is 0.263. The van der Waals surface area contributed by atoms with E-state index in [1.165, 1.54) is 0 Å². The Labute approximate surface area is 152 Å². The molecule has 0 radical (unpaired) electrons. The summed E-state index contributed by atoms with van der Waals surface area (Å²) in [7, 11) is 0. The van der Waals surface area contributed by atoms with Gasteiger partial charge in [0.25, 0.3) is 5.91 Å². The number of nitrogens with one attached hydrogen (secondary N) is 1. The van der Waals surface area contributed by atoms with Gasteiger partial charge in [-0.05, 0) is 36.8 Å². The van der Waals surface area contributed by atoms with Gasteiger partial charge >= 0.3 is 6.03 Å². The molecule has 3 amide bonds. The molecule has 0 unspecified atom stereocenters. The van der Waals surface area contributed by atoms with Crippen LogP contribution in [0.5, 0.6) is 0 Å². The molecule has 1 saturated heterocycles. The number of nitrogens with zero attached hydrogens (tertiary/aromatic N) is 2. The van der Waals surface area contributed by atoms with Gasteiger partial charge in [-0.2, -0.15) is 0 Å². The van der Waals surface area contributed by atoms with Crippen molar-refractivity contribution in [3.05, 3.63) is 64.7 Å². The first-order valence-electron chi connectivity index (χ1n) is 8.21. The van der Waals surface area contributed by atoms with Crippen molar-refractivity contribution in [2.75, 3.05) is 31.5 Å². The van der Waals surface area contributed by atoms with Crippen molar-refractivity contribution in [2.24, 2.45) is 0 Å². The van der Waals surface area contributed by atoms with Crippen molar-refractivity contribution in [3.63, 3.8) is 0 Å². The van der Waals surface area contributed by atoms with Crippen molar-refractivity contribution in [1.29, 1.82) is 0 Å². The molecule has 1 aliphatic heterocycles. The zero-order valence-corrected chi connectivity index (χ0v) is 14.8. The number of benzene rings is 2. The normalized spacial score (nSPS) is 14.3. The van der Waals surface area contributed by atoms with Gasteiger partial charge < -0.3 is 15.1 Å². The monoisotopic (exact) mass is 357 g/mol. The minimum atomic E-state index is -0.176. The SMILES string of the molecule is Cc1ccccc1C(=O)N1CCN(C(=O)Nc2cccc(Cl)c2)CC1. The Kier molecular flexibility index (Phi) is 5.24. The summed E-state index contributed by atoms with van der Waals surface area (Å²) in [6.45, 7) is 3.99. The quantitative estimate of drug-likeness (QED) is 0.892. The van der Waals surface area contributed by atoms with Gasteiger partial charge in [0.05, 0.1) is 0 Å². The first-order chi connectivity index (χ1) is 12.0. The molecule has 130 valence electrons. The fourth-order valence-electron chi connectivity index (χ4n) is 2.86. The standard InChI is InChI=1S/C19H20ClN3O2/c1-14-5-2-3-8-17(14)18(24)22-9-11-23(12-10-22)19(25)21-16-7-4-6-15(20)13-16/h2-8,13H,9-12H2,1H3,(H,21,25). The van der Waals surface area contributed by atoms with E-state index in [9.17, 15) is 9.59 Å². The largest absolute Gasteiger partial charge is 0.335 e. The molecule has 1 aliphatic rings. The van der Waals surface area contributed by atoms with Crippen LogP contribution < -0.4 is 5.32 Å². The van der Waals surface area contributed by atoms with E-state index >= 15 is 0 Å². The molecule has 0 aliphatic carbocycles. The van der Waals surface area contributed by atoms with Gasteiger partial charge in [0, 0.05) is 42.5 Å². The first-order valence-corrected chi connectivity index (χ1v) is 8.59. The van der Waals surface area contributed by atoms with Crippen molar-refractivity contribution < 1.29 is 9.59 Å². The summed E-state index contributed by atoms with van der Waals surface area (Å²) in [6.07, 6.45) is 0. The second-order valence-electron chi connectivity index (χ2n) is 6.03. The topological polar surface area (TPSA) is 52.7 Å². The van der Waals surface area contributed by atoms with Crippen LogP contribution in [0, 0.1) is 6.92 Å². The predicted octanol–water partition coefficient (Wildman–Crippen LogP) is 3.64. The number of hydrogen-bond donors (Lipinski definition) is 1. The van der Waals surface area contributed by atoms with Crippen LogP contribution in [0.15, 0.2) is 48.5 Å². The van der Waals surface area contributed by atoms with E-state index in [4.69, 9.17) is 11.6 Å². The molecule has 0 aromatic heterocycles. The molecule has 25 heavy (non-hydrogen) atoms. The fourth-order valence-corrected chi connectivity index (χ4v) is 3.05. The summed E-state index contributed by atoms with van der Waals surface area (Å²) >= 11 is 5.93. The summed E-state index contributed by atoms with van der Waals surface area (Å²) in [5, 5.41) is 3.41. The van der Waals surface area contributed by atoms with E-state index in [0.717, 1.165) is 11.1 Å². The second kappa shape index (κ2) is 7.57. The molecule has 0 atom stereocenters. The molecule has 1 heterocycles. The maximum Gasteiger partial charge on any atom is 0.321 e. The number of aryl methyl sites for hydroxylation is 1. The highest BCUT2D eigenvalue weighted by atomic mass is 35.5. The number of urea groups is 1. The van der Waals surface area contributed by atoms with Crippen LogP contribution in [0.25, 0.3) is 0 Å². The molecule has 5 nitrogen and oxygen atoms in total. The number of anilines is 1. The Bertz CT molecular complexity index is 786. The second-order valence-corrected chi connectivity index (χ2v) is 6.47. The highest BCUT2D eigenvalue weighted by Gasteiger charge is 2.25. The lowest BCUT2D eigenvalue weighted by Gasteiger charge is -2.35. The summed E-state index contributed by atoms with van der Waals surface area (Å²) in [5.41, 5.74) is 2.35. The predicted molar refractivity (Wildman–Crippen MR) is 99.1 cm³/mol. The third-order valence-electron chi connectivity index (χ3n) is 4.31. The minimum absolute atomic E-state index is 0.0213. The number of amides is 3. The average molecular weight is 358 g/mol. The molecule has 1 N–H and O–H groups in total. The Morgan fingerprint density at radius 2 is 1.64 bits per heavy atom. The summed E-state index contributed by atoms with van der Waals surface area (Å²) in [5.74, 6) is 0.0213. The molecule has 1 fully saturated rings. The van der Waals surface area contributed by atoms with Crippen LogP contribution in [-0.2, 0) is 0 Å². The highest BCUT2D eigenvalue weighted by Crippen LogP contribution is 2.17. The van der Waals surface area contributed by atoms with E-state index in [1.807, 2.05) is 31.2 Å². The maximum atomic E-state index is 12.6. The van der Waals surface area contributed by atoms with E-state index in [-0.39, 0.29) is 11.9 Å². The Morgan fingerprint density at radius 1 is 0.960 bits per heavy atom. The third kappa shape index (κ3) is 4.12. The lowest BCUT2D eigenvalue weighted by molar-refractivity contribution is 0.0671. The molecule has 0 spiro atoms. The summed E-state index contributed by atoms with van der Waals surface area (Å²) in [4.78, 5) is 28.5. The molecule has 6 heteroatoms. The summed E-state index contributed by atoms with van der Waals surface area (Å²) < 4.78 is 0. The number of carbonyl (C=O) groups excluding carboxylic acids is 2. The van der Waals surface area contributed by atoms with Gasteiger partial charge in [-0.25, -0.2) is 4.79 Å². The van der Waals surface area contributed by atoms with E-state index in [1.54, 1.807) is 34.1 Å². The smallest absolute Gasteiger partial charge is 0.321 e. The summed E-state index contributed by atoms with van der Waals surface area (Å²) in [6, 6.07) is 14.4. The lowest BCUT2D eigenvalue weighted by atomic mass is 10.1. The van der Waals surface area contributed by atoms with Gasteiger partial charge in [-0.15, -0.1) is 0 Å². The van der Waals surface area contributed by atoms with E-state index in [2.05, 4.69) is 5.32 Å². The molecule has 3 rings (SSSR count). The number of halogens is 1. The van der Waals surface area contributed by atoms with Crippen molar-refractivity contribution in [2.45, 2.75) is 6.92 Å². The molecule has 0 bridgehead atoms. The van der Waals surface area contributed by atoms with Gasteiger partial charge in [-0.1, -0.05) is 35.9 Å². The molecule has 2 aromatic rings. The van der Waals surface area contributed by atoms with Crippen LogP contribution in [0.1, 0.15) is 15.9 Å². The van der Waals surface area contributed by atoms with Crippen molar-refractivity contribution in [3.8, 4) is 0 Å². The molecule has 2 aromatic carbocycles. The first kappa shape index (κ1) is 17.3. The Morgan fingerprint density at radius 3 is 2.32 bits per heavy atom. The molecule has 0 saturated carbocycles. The van der Waals surface area contributed by atoms with Gasteiger partial charge in [-0.3, -0.25) is 4.79 Å². The third-order valence-corrected chi connectivity index (χ3v) is 4.54. The molecular formula is C19H20ClN3O2.